The number of unbranched alkanes of at least 4 members (excludes halogenated alkanes) is 10. The van der Waals surface area contributed by atoms with Crippen molar-refractivity contribution in [3.8, 4) is 0 Å². The molecule has 0 aliphatic carbocycles. The zero-order valence-electron chi connectivity index (χ0n) is 15.3. The number of nitroso groups, excluding NO2 is 1. The summed E-state index contributed by atoms with van der Waals surface area (Å²) in [6, 6.07) is 0. The molecule has 0 aliphatic heterocycles. The molecule has 0 aromatic carbocycles. The lowest BCUT2D eigenvalue weighted by Gasteiger charge is -2.11. The second-order valence-corrected chi connectivity index (χ2v) is 6.74. The highest BCUT2D eigenvalue weighted by Gasteiger charge is 2.18. The van der Waals surface area contributed by atoms with Crippen LogP contribution in [-0.2, 0) is 9.59 Å². The van der Waals surface area contributed by atoms with E-state index in [0.717, 1.165) is 51.4 Å². The van der Waals surface area contributed by atoms with Crippen LogP contribution in [0.2, 0.25) is 0 Å². The molecule has 24 heavy (non-hydrogen) atoms. The van der Waals surface area contributed by atoms with Gasteiger partial charge in [-0.3, -0.25) is 9.59 Å². The summed E-state index contributed by atoms with van der Waals surface area (Å²) >= 11 is 0. The molecule has 0 rings (SSSR count). The average molecular weight is 341 g/mol. The molecule has 5 heteroatoms. The highest BCUT2D eigenvalue weighted by Crippen LogP contribution is 2.20. The Kier molecular flexibility index (Phi) is 15.7. The SMILES string of the molecule is CCCCCCCCCC(CCCCCCCC(=O)O)C(=O)N=O. The number of hydrogen-bond acceptors (Lipinski definition) is 3. The van der Waals surface area contributed by atoms with Gasteiger partial charge in [0.1, 0.15) is 0 Å². The van der Waals surface area contributed by atoms with Gasteiger partial charge in [0.15, 0.2) is 0 Å². The fourth-order valence-corrected chi connectivity index (χ4v) is 3.01. The Morgan fingerprint density at radius 3 is 1.71 bits per heavy atom. The monoisotopic (exact) mass is 341 g/mol. The summed E-state index contributed by atoms with van der Waals surface area (Å²) in [6.45, 7) is 2.20. The lowest BCUT2D eigenvalue weighted by molar-refractivity contribution is -0.137. The van der Waals surface area contributed by atoms with Crippen LogP contribution in [0.3, 0.4) is 0 Å². The molecule has 0 fully saturated rings. The third-order valence-corrected chi connectivity index (χ3v) is 4.54. The highest BCUT2D eigenvalue weighted by molar-refractivity contribution is 5.79. The molecule has 1 atom stereocenters. The number of carbonyl (C=O) groups is 2. The van der Waals surface area contributed by atoms with Gasteiger partial charge in [-0.25, -0.2) is 0 Å². The van der Waals surface area contributed by atoms with Gasteiger partial charge in [0.05, 0.1) is 0 Å². The number of nitrogens with zero attached hydrogens (tertiary/aromatic N) is 1. The number of hydrogen-bond donors (Lipinski definition) is 1. The van der Waals surface area contributed by atoms with Crippen molar-refractivity contribution in [2.75, 3.05) is 0 Å². The quantitative estimate of drug-likeness (QED) is 0.265. The maximum atomic E-state index is 11.6. The number of rotatable bonds is 17. The van der Waals surface area contributed by atoms with Crippen LogP contribution in [-0.4, -0.2) is 17.0 Å². The summed E-state index contributed by atoms with van der Waals surface area (Å²) in [6.07, 6.45) is 14.7. The number of carboxylic acid groups (broad SMARTS) is 1. The molecule has 0 bridgehead atoms. The standard InChI is InChI=1S/C19H35NO4/c1-2-3-4-5-6-8-11-14-17(19(23)20-24)15-12-9-7-10-13-16-18(21)22/h17H,2-16H2,1H3,(H,21,22). The Morgan fingerprint density at radius 1 is 0.792 bits per heavy atom. The van der Waals surface area contributed by atoms with Crippen LogP contribution in [0, 0.1) is 10.8 Å². The van der Waals surface area contributed by atoms with Crippen molar-refractivity contribution in [1.82, 2.24) is 0 Å². The van der Waals surface area contributed by atoms with Crippen LogP contribution in [0.5, 0.6) is 0 Å². The van der Waals surface area contributed by atoms with Crippen molar-refractivity contribution in [3.05, 3.63) is 4.91 Å². The number of amides is 1. The third-order valence-electron chi connectivity index (χ3n) is 4.54. The van der Waals surface area contributed by atoms with Gasteiger partial charge in [-0.05, 0) is 19.3 Å². The molecule has 0 heterocycles. The molecular weight excluding hydrogens is 306 g/mol. The predicted octanol–water partition coefficient (Wildman–Crippen LogP) is 5.85. The molecule has 0 aliphatic rings. The van der Waals surface area contributed by atoms with Crippen molar-refractivity contribution in [2.45, 2.75) is 103 Å². The molecule has 0 saturated carbocycles. The lowest BCUT2D eigenvalue weighted by atomic mass is 9.93. The van der Waals surface area contributed by atoms with E-state index in [4.69, 9.17) is 5.11 Å². The summed E-state index contributed by atoms with van der Waals surface area (Å²) in [4.78, 5) is 32.6. The highest BCUT2D eigenvalue weighted by atomic mass is 16.4. The van der Waals surface area contributed by atoms with E-state index in [2.05, 4.69) is 12.1 Å². The van der Waals surface area contributed by atoms with Gasteiger partial charge in [0, 0.05) is 17.5 Å². The molecular formula is C19H35NO4. The van der Waals surface area contributed by atoms with E-state index >= 15 is 0 Å². The average Bonchev–Trinajstić information content (AvgIpc) is 2.57. The summed E-state index contributed by atoms with van der Waals surface area (Å²) in [5.41, 5.74) is 0. The first-order chi connectivity index (χ1) is 11.6. The van der Waals surface area contributed by atoms with E-state index in [0.29, 0.717) is 6.42 Å². The van der Waals surface area contributed by atoms with E-state index in [1.54, 1.807) is 0 Å². The maximum Gasteiger partial charge on any atom is 0.303 e. The topological polar surface area (TPSA) is 83.8 Å². The molecule has 0 radical (unpaired) electrons. The van der Waals surface area contributed by atoms with Crippen LogP contribution >= 0.6 is 0 Å². The Balaban J connectivity index is 3.72. The van der Waals surface area contributed by atoms with Crippen LogP contribution in [0.4, 0.5) is 0 Å². The van der Waals surface area contributed by atoms with Crippen molar-refractivity contribution in [2.24, 2.45) is 11.1 Å². The normalized spacial score (nSPS) is 12.0. The summed E-state index contributed by atoms with van der Waals surface area (Å²) < 4.78 is 0. The second kappa shape index (κ2) is 16.6. The summed E-state index contributed by atoms with van der Waals surface area (Å²) in [5, 5.41) is 11.2. The van der Waals surface area contributed by atoms with Gasteiger partial charge in [0.2, 0.25) is 0 Å². The Hall–Kier alpha value is -1.26. The van der Waals surface area contributed by atoms with Crippen LogP contribution < -0.4 is 0 Å². The minimum atomic E-state index is -0.743. The van der Waals surface area contributed by atoms with Gasteiger partial charge in [0.25, 0.3) is 5.91 Å². The van der Waals surface area contributed by atoms with Gasteiger partial charge < -0.3 is 5.11 Å². The number of carboxylic acids is 1. The first kappa shape index (κ1) is 22.7. The summed E-state index contributed by atoms with van der Waals surface area (Å²) in [7, 11) is 0. The van der Waals surface area contributed by atoms with Crippen molar-refractivity contribution in [1.29, 1.82) is 0 Å². The Morgan fingerprint density at radius 2 is 1.25 bits per heavy atom. The smallest absolute Gasteiger partial charge is 0.303 e. The van der Waals surface area contributed by atoms with Gasteiger partial charge in [-0.2, -0.15) is 0 Å². The van der Waals surface area contributed by atoms with Crippen LogP contribution in [0.15, 0.2) is 5.18 Å². The number of aliphatic carboxylic acids is 1. The van der Waals surface area contributed by atoms with Crippen molar-refractivity contribution < 1.29 is 14.7 Å². The molecule has 0 aromatic heterocycles. The minimum Gasteiger partial charge on any atom is -0.481 e. The summed E-state index contributed by atoms with van der Waals surface area (Å²) in [5.74, 6) is -1.45. The molecule has 0 aromatic rings. The Labute approximate surface area is 146 Å². The molecule has 1 unspecified atom stereocenters. The van der Waals surface area contributed by atoms with Crippen LogP contribution in [0.1, 0.15) is 103 Å². The van der Waals surface area contributed by atoms with E-state index in [1.807, 2.05) is 0 Å². The third kappa shape index (κ3) is 14.3. The first-order valence-electron chi connectivity index (χ1n) is 9.70. The Bertz CT molecular complexity index is 344. The van der Waals surface area contributed by atoms with E-state index in [1.165, 1.54) is 32.1 Å². The molecule has 1 N–H and O–H groups in total. The molecule has 0 spiro atoms. The van der Waals surface area contributed by atoms with Crippen molar-refractivity contribution >= 4 is 11.9 Å². The second-order valence-electron chi connectivity index (χ2n) is 6.74. The fraction of sp³-hybridized carbons (Fsp3) is 0.895. The first-order valence-corrected chi connectivity index (χ1v) is 9.70. The van der Waals surface area contributed by atoms with Gasteiger partial charge >= 0.3 is 5.97 Å². The molecule has 1 amide bonds. The zero-order valence-corrected chi connectivity index (χ0v) is 15.3. The van der Waals surface area contributed by atoms with Gasteiger partial charge in [-0.1, -0.05) is 77.6 Å². The minimum absolute atomic E-state index is 0.211. The fourth-order valence-electron chi connectivity index (χ4n) is 3.01. The van der Waals surface area contributed by atoms with Crippen molar-refractivity contribution in [3.63, 3.8) is 0 Å². The maximum absolute atomic E-state index is 11.6. The molecule has 140 valence electrons. The number of carbonyl (C=O) groups excluding carboxylic acids is 1. The van der Waals surface area contributed by atoms with E-state index in [9.17, 15) is 14.5 Å². The van der Waals surface area contributed by atoms with Gasteiger partial charge in [-0.15, -0.1) is 4.91 Å². The lowest BCUT2D eigenvalue weighted by Crippen LogP contribution is -2.12. The van der Waals surface area contributed by atoms with Crippen LogP contribution in [0.25, 0.3) is 0 Å². The molecule has 5 nitrogen and oxygen atoms in total. The van der Waals surface area contributed by atoms with E-state index in [-0.39, 0.29) is 12.3 Å². The predicted molar refractivity (Wildman–Crippen MR) is 96.9 cm³/mol. The largest absolute Gasteiger partial charge is 0.481 e. The molecule has 0 saturated heterocycles. The van der Waals surface area contributed by atoms with E-state index < -0.39 is 11.9 Å². The zero-order chi connectivity index (χ0) is 18.0.